The molecule has 2 rings (SSSR count). The van der Waals surface area contributed by atoms with Gasteiger partial charge in [-0.25, -0.2) is 0 Å². The van der Waals surface area contributed by atoms with Crippen LogP contribution >= 0.6 is 15.9 Å². The highest BCUT2D eigenvalue weighted by molar-refractivity contribution is 9.10. The van der Waals surface area contributed by atoms with Crippen LogP contribution in [0.5, 0.6) is 0 Å². The fourth-order valence-electron chi connectivity index (χ4n) is 2.12. The highest BCUT2D eigenvalue weighted by atomic mass is 79.9. The van der Waals surface area contributed by atoms with Gasteiger partial charge in [-0.05, 0) is 24.6 Å². The standard InChI is InChI=1S/C14H18BrN3O2/c1-10-2-3-11(15)8-12(10)14(20)17-9-13(19)18-6-4-16-5-7-18/h2-3,8,16H,4-7,9H2,1H3,(H,17,20). The van der Waals surface area contributed by atoms with Crippen LogP contribution < -0.4 is 10.6 Å². The number of benzene rings is 1. The first-order chi connectivity index (χ1) is 9.58. The van der Waals surface area contributed by atoms with Gasteiger partial charge in [-0.2, -0.15) is 0 Å². The van der Waals surface area contributed by atoms with Crippen molar-refractivity contribution in [2.75, 3.05) is 32.7 Å². The van der Waals surface area contributed by atoms with Crippen LogP contribution in [0.3, 0.4) is 0 Å². The molecule has 1 fully saturated rings. The number of halogens is 1. The SMILES string of the molecule is Cc1ccc(Br)cc1C(=O)NCC(=O)N1CCNCC1. The molecule has 0 radical (unpaired) electrons. The van der Waals surface area contributed by atoms with Crippen molar-refractivity contribution in [2.45, 2.75) is 6.92 Å². The number of carbonyl (C=O) groups excluding carboxylic acids is 2. The number of hydrogen-bond acceptors (Lipinski definition) is 3. The summed E-state index contributed by atoms with van der Waals surface area (Å²) >= 11 is 3.35. The second kappa shape index (κ2) is 6.85. The Morgan fingerprint density at radius 2 is 2.05 bits per heavy atom. The Kier molecular flexibility index (Phi) is 5.14. The molecule has 0 spiro atoms. The average molecular weight is 340 g/mol. The predicted molar refractivity (Wildman–Crippen MR) is 80.7 cm³/mol. The second-order valence-corrected chi connectivity index (χ2v) is 5.69. The lowest BCUT2D eigenvalue weighted by Crippen LogP contribution is -2.49. The number of nitrogens with zero attached hydrogens (tertiary/aromatic N) is 1. The van der Waals surface area contributed by atoms with Crippen molar-refractivity contribution >= 4 is 27.7 Å². The van der Waals surface area contributed by atoms with Gasteiger partial charge < -0.3 is 15.5 Å². The van der Waals surface area contributed by atoms with E-state index in [4.69, 9.17) is 0 Å². The quantitative estimate of drug-likeness (QED) is 0.860. The number of rotatable bonds is 3. The third-order valence-electron chi connectivity index (χ3n) is 3.31. The molecule has 1 aliphatic heterocycles. The minimum absolute atomic E-state index is 0.0347. The zero-order valence-electron chi connectivity index (χ0n) is 11.4. The summed E-state index contributed by atoms with van der Waals surface area (Å²) in [6.07, 6.45) is 0. The molecule has 1 saturated heterocycles. The smallest absolute Gasteiger partial charge is 0.252 e. The third kappa shape index (κ3) is 3.80. The van der Waals surface area contributed by atoms with Crippen LogP contribution in [0.4, 0.5) is 0 Å². The molecular formula is C14H18BrN3O2. The van der Waals surface area contributed by atoms with Crippen molar-refractivity contribution in [3.63, 3.8) is 0 Å². The van der Waals surface area contributed by atoms with Gasteiger partial charge in [-0.1, -0.05) is 22.0 Å². The minimum atomic E-state index is -0.215. The van der Waals surface area contributed by atoms with Crippen LogP contribution in [0.2, 0.25) is 0 Å². The molecule has 1 aromatic carbocycles. The van der Waals surface area contributed by atoms with E-state index in [1.165, 1.54) is 0 Å². The van der Waals surface area contributed by atoms with E-state index in [9.17, 15) is 9.59 Å². The van der Waals surface area contributed by atoms with E-state index in [2.05, 4.69) is 26.6 Å². The van der Waals surface area contributed by atoms with Crippen molar-refractivity contribution < 1.29 is 9.59 Å². The van der Waals surface area contributed by atoms with E-state index in [1.807, 2.05) is 19.1 Å². The summed E-state index contributed by atoms with van der Waals surface area (Å²) in [6.45, 7) is 4.94. The van der Waals surface area contributed by atoms with E-state index in [1.54, 1.807) is 11.0 Å². The molecule has 2 amide bonds. The Hall–Kier alpha value is -1.40. The Morgan fingerprint density at radius 1 is 1.35 bits per heavy atom. The van der Waals surface area contributed by atoms with Gasteiger partial charge in [0.2, 0.25) is 5.91 Å². The minimum Gasteiger partial charge on any atom is -0.343 e. The maximum absolute atomic E-state index is 12.1. The van der Waals surface area contributed by atoms with Crippen LogP contribution in [0.15, 0.2) is 22.7 Å². The molecule has 0 atom stereocenters. The topological polar surface area (TPSA) is 61.4 Å². The Morgan fingerprint density at radius 3 is 2.75 bits per heavy atom. The summed E-state index contributed by atoms with van der Waals surface area (Å²) in [5, 5.41) is 5.88. The molecule has 6 heteroatoms. The molecule has 5 nitrogen and oxygen atoms in total. The first-order valence-electron chi connectivity index (χ1n) is 6.61. The monoisotopic (exact) mass is 339 g/mol. The van der Waals surface area contributed by atoms with Crippen molar-refractivity contribution in [1.29, 1.82) is 0 Å². The van der Waals surface area contributed by atoms with Gasteiger partial charge in [0.25, 0.3) is 5.91 Å². The summed E-state index contributed by atoms with van der Waals surface area (Å²) < 4.78 is 0.849. The number of piperazine rings is 1. The zero-order chi connectivity index (χ0) is 14.5. The molecule has 20 heavy (non-hydrogen) atoms. The largest absolute Gasteiger partial charge is 0.343 e. The Balaban J connectivity index is 1.91. The number of nitrogens with one attached hydrogen (secondary N) is 2. The lowest BCUT2D eigenvalue weighted by molar-refractivity contribution is -0.130. The highest BCUT2D eigenvalue weighted by Gasteiger charge is 2.17. The van der Waals surface area contributed by atoms with Crippen molar-refractivity contribution in [1.82, 2.24) is 15.5 Å². The Labute approximate surface area is 126 Å². The van der Waals surface area contributed by atoms with Crippen molar-refractivity contribution in [3.8, 4) is 0 Å². The van der Waals surface area contributed by atoms with Crippen LogP contribution in [-0.4, -0.2) is 49.4 Å². The van der Waals surface area contributed by atoms with Crippen molar-refractivity contribution in [2.24, 2.45) is 0 Å². The second-order valence-electron chi connectivity index (χ2n) is 4.77. The molecule has 0 bridgehead atoms. The lowest BCUT2D eigenvalue weighted by atomic mass is 10.1. The van der Waals surface area contributed by atoms with Crippen LogP contribution in [-0.2, 0) is 4.79 Å². The van der Waals surface area contributed by atoms with Gasteiger partial charge in [-0.15, -0.1) is 0 Å². The van der Waals surface area contributed by atoms with E-state index in [-0.39, 0.29) is 18.4 Å². The van der Waals surface area contributed by atoms with E-state index < -0.39 is 0 Å². The molecule has 1 aliphatic rings. The maximum atomic E-state index is 12.1. The number of carbonyl (C=O) groups is 2. The van der Waals surface area contributed by atoms with Gasteiger partial charge in [0.05, 0.1) is 6.54 Å². The van der Waals surface area contributed by atoms with Crippen molar-refractivity contribution in [3.05, 3.63) is 33.8 Å². The van der Waals surface area contributed by atoms with Gasteiger partial charge in [0, 0.05) is 36.2 Å². The number of amides is 2. The lowest BCUT2D eigenvalue weighted by Gasteiger charge is -2.27. The summed E-state index contributed by atoms with van der Waals surface area (Å²) in [4.78, 5) is 25.8. The molecule has 0 saturated carbocycles. The molecule has 1 heterocycles. The van der Waals surface area contributed by atoms with E-state index >= 15 is 0 Å². The summed E-state index contributed by atoms with van der Waals surface area (Å²) in [5.74, 6) is -0.250. The number of aryl methyl sites for hydroxylation is 1. The molecule has 108 valence electrons. The fourth-order valence-corrected chi connectivity index (χ4v) is 2.48. The fraction of sp³-hybridized carbons (Fsp3) is 0.429. The highest BCUT2D eigenvalue weighted by Crippen LogP contribution is 2.15. The van der Waals surface area contributed by atoms with Crippen LogP contribution in [0.1, 0.15) is 15.9 Å². The maximum Gasteiger partial charge on any atom is 0.252 e. The molecule has 1 aromatic rings. The first-order valence-corrected chi connectivity index (χ1v) is 7.40. The molecule has 0 unspecified atom stereocenters. The molecule has 2 N–H and O–H groups in total. The third-order valence-corrected chi connectivity index (χ3v) is 3.81. The summed E-state index contributed by atoms with van der Waals surface area (Å²) in [7, 11) is 0. The Bertz CT molecular complexity index is 513. The van der Waals surface area contributed by atoms with Crippen LogP contribution in [0.25, 0.3) is 0 Å². The zero-order valence-corrected chi connectivity index (χ0v) is 13.0. The van der Waals surface area contributed by atoms with Gasteiger partial charge in [0.1, 0.15) is 0 Å². The summed E-state index contributed by atoms with van der Waals surface area (Å²) in [6, 6.07) is 5.52. The molecule has 0 aliphatic carbocycles. The predicted octanol–water partition coefficient (Wildman–Crippen LogP) is 0.919. The summed E-state index contributed by atoms with van der Waals surface area (Å²) in [5.41, 5.74) is 1.48. The van der Waals surface area contributed by atoms with Crippen LogP contribution in [0, 0.1) is 6.92 Å². The first kappa shape index (κ1) is 15.0. The van der Waals surface area contributed by atoms with E-state index in [0.717, 1.165) is 23.1 Å². The number of hydrogen-bond donors (Lipinski definition) is 2. The van der Waals surface area contributed by atoms with Gasteiger partial charge in [0.15, 0.2) is 0 Å². The average Bonchev–Trinajstić information content (AvgIpc) is 2.47. The van der Waals surface area contributed by atoms with Gasteiger partial charge in [-0.3, -0.25) is 9.59 Å². The molecular weight excluding hydrogens is 322 g/mol. The molecule has 0 aromatic heterocycles. The normalized spacial score (nSPS) is 15.0. The van der Waals surface area contributed by atoms with E-state index in [0.29, 0.717) is 18.7 Å². The van der Waals surface area contributed by atoms with Gasteiger partial charge >= 0.3 is 0 Å².